The molecule has 26 heavy (non-hydrogen) atoms. The van der Waals surface area contributed by atoms with E-state index >= 15 is 0 Å². The van der Waals surface area contributed by atoms with Gasteiger partial charge in [-0.1, -0.05) is 30.0 Å². The Morgan fingerprint density at radius 1 is 1.27 bits per heavy atom. The molecule has 1 aromatic carbocycles. The molecule has 0 spiro atoms. The van der Waals surface area contributed by atoms with Gasteiger partial charge in [-0.15, -0.1) is 11.3 Å². The Balaban J connectivity index is 1.86. The summed E-state index contributed by atoms with van der Waals surface area (Å²) in [7, 11) is 1.70. The van der Waals surface area contributed by atoms with Gasteiger partial charge in [-0.2, -0.15) is 0 Å². The zero-order chi connectivity index (χ0) is 19.0. The summed E-state index contributed by atoms with van der Waals surface area (Å²) in [4.78, 5) is 31.7. The molecule has 2 heterocycles. The van der Waals surface area contributed by atoms with Gasteiger partial charge in [0.15, 0.2) is 5.16 Å². The van der Waals surface area contributed by atoms with E-state index in [-0.39, 0.29) is 16.7 Å². The third kappa shape index (κ3) is 3.41. The lowest BCUT2D eigenvalue weighted by molar-refractivity contribution is -0.115. The van der Waals surface area contributed by atoms with Crippen LogP contribution in [-0.2, 0) is 11.8 Å². The molecule has 0 fully saturated rings. The van der Waals surface area contributed by atoms with Crippen molar-refractivity contribution in [2.45, 2.75) is 38.1 Å². The topological polar surface area (TPSA) is 64.0 Å². The van der Waals surface area contributed by atoms with E-state index in [1.165, 1.54) is 27.7 Å². The average Bonchev–Trinajstić information content (AvgIpc) is 2.88. The first-order valence-corrected chi connectivity index (χ1v) is 9.99. The number of aromatic nitrogens is 2. The van der Waals surface area contributed by atoms with Gasteiger partial charge in [-0.25, -0.2) is 4.98 Å². The number of hydrogen-bond acceptors (Lipinski definition) is 5. The van der Waals surface area contributed by atoms with Crippen molar-refractivity contribution in [1.29, 1.82) is 0 Å². The molecule has 3 rings (SSSR count). The number of benzene rings is 1. The zero-order valence-corrected chi connectivity index (χ0v) is 17.0. The lowest BCUT2D eigenvalue weighted by Gasteiger charge is -2.14. The first kappa shape index (κ1) is 18.7. The Labute approximate surface area is 160 Å². The van der Waals surface area contributed by atoms with Gasteiger partial charge in [0.05, 0.1) is 10.6 Å². The van der Waals surface area contributed by atoms with Gasteiger partial charge >= 0.3 is 0 Å². The van der Waals surface area contributed by atoms with Crippen molar-refractivity contribution in [3.63, 3.8) is 0 Å². The summed E-state index contributed by atoms with van der Waals surface area (Å²) in [6.07, 6.45) is 0. The van der Waals surface area contributed by atoms with Crippen molar-refractivity contribution >= 4 is 44.9 Å². The van der Waals surface area contributed by atoms with Crippen molar-refractivity contribution < 1.29 is 4.79 Å². The predicted molar refractivity (Wildman–Crippen MR) is 109 cm³/mol. The van der Waals surface area contributed by atoms with Gasteiger partial charge in [0, 0.05) is 17.6 Å². The minimum Gasteiger partial charge on any atom is -0.325 e. The van der Waals surface area contributed by atoms with Crippen LogP contribution < -0.4 is 10.9 Å². The predicted octanol–water partition coefficient (Wildman–Crippen LogP) is 4.04. The summed E-state index contributed by atoms with van der Waals surface area (Å²) in [6, 6.07) is 7.65. The Hall–Kier alpha value is -2.12. The van der Waals surface area contributed by atoms with Crippen LogP contribution in [0.2, 0.25) is 0 Å². The van der Waals surface area contributed by atoms with Crippen molar-refractivity contribution in [3.8, 4) is 0 Å². The summed E-state index contributed by atoms with van der Waals surface area (Å²) < 4.78 is 1.53. The van der Waals surface area contributed by atoms with Gasteiger partial charge in [0.1, 0.15) is 4.83 Å². The summed E-state index contributed by atoms with van der Waals surface area (Å²) in [5.41, 5.74) is 2.73. The SMILES string of the molecule is Cc1ccccc1NC(=O)C(C)Sc1nc2sc(C)c(C)c2c(=O)n1C. The number of para-hydroxylation sites is 1. The largest absolute Gasteiger partial charge is 0.325 e. The number of fused-ring (bicyclic) bond motifs is 1. The first-order valence-electron chi connectivity index (χ1n) is 8.29. The molecule has 0 aliphatic carbocycles. The molecule has 0 aliphatic rings. The Morgan fingerprint density at radius 2 is 1.96 bits per heavy atom. The maximum absolute atomic E-state index is 12.7. The van der Waals surface area contributed by atoms with Crippen LogP contribution in [0.15, 0.2) is 34.2 Å². The fourth-order valence-electron chi connectivity index (χ4n) is 2.62. The van der Waals surface area contributed by atoms with Crippen LogP contribution in [-0.4, -0.2) is 20.7 Å². The van der Waals surface area contributed by atoms with E-state index in [9.17, 15) is 9.59 Å². The molecule has 2 aromatic heterocycles. The number of carbonyl (C=O) groups excluding carboxylic acids is 1. The molecule has 0 saturated carbocycles. The molecule has 5 nitrogen and oxygen atoms in total. The van der Waals surface area contributed by atoms with Gasteiger partial charge in [0.25, 0.3) is 5.56 Å². The Kier molecular flexibility index (Phi) is 5.20. The monoisotopic (exact) mass is 387 g/mol. The number of thiophene rings is 1. The Bertz CT molecular complexity index is 1050. The van der Waals surface area contributed by atoms with E-state index in [1.54, 1.807) is 7.05 Å². The third-order valence-electron chi connectivity index (χ3n) is 4.42. The second-order valence-corrected chi connectivity index (χ2v) is 8.80. The molecule has 3 aromatic rings. The Morgan fingerprint density at radius 3 is 2.65 bits per heavy atom. The number of thioether (sulfide) groups is 1. The second-order valence-electron chi connectivity index (χ2n) is 6.29. The minimum atomic E-state index is -0.382. The van der Waals surface area contributed by atoms with Crippen molar-refractivity contribution in [2.75, 3.05) is 5.32 Å². The molecular weight excluding hydrogens is 366 g/mol. The fraction of sp³-hybridized carbons (Fsp3) is 0.316. The molecule has 1 N–H and O–H groups in total. The number of rotatable bonds is 4. The van der Waals surface area contributed by atoms with Gasteiger partial charge < -0.3 is 5.32 Å². The molecule has 1 amide bonds. The normalized spacial score (nSPS) is 12.3. The van der Waals surface area contributed by atoms with E-state index < -0.39 is 0 Å². The lowest BCUT2D eigenvalue weighted by Crippen LogP contribution is -2.25. The van der Waals surface area contributed by atoms with Crippen LogP contribution in [0.1, 0.15) is 22.9 Å². The number of hydrogen-bond donors (Lipinski definition) is 1. The van der Waals surface area contributed by atoms with Gasteiger partial charge in [0.2, 0.25) is 5.91 Å². The van der Waals surface area contributed by atoms with E-state index in [0.717, 1.165) is 26.5 Å². The summed E-state index contributed by atoms with van der Waals surface area (Å²) in [6.45, 7) is 7.71. The standard InChI is InChI=1S/C19H21N3O2S2/c1-10-8-6-7-9-14(10)20-16(23)13(4)26-19-21-17-15(18(24)22(19)5)11(2)12(3)25-17/h6-9,13H,1-5H3,(H,20,23). The van der Waals surface area contributed by atoms with Gasteiger partial charge in [-0.3, -0.25) is 14.2 Å². The third-order valence-corrected chi connectivity index (χ3v) is 6.67. The summed E-state index contributed by atoms with van der Waals surface area (Å²) >= 11 is 2.81. The van der Waals surface area contributed by atoms with Crippen LogP contribution in [0.5, 0.6) is 0 Å². The maximum Gasteiger partial charge on any atom is 0.262 e. The molecule has 7 heteroatoms. The lowest BCUT2D eigenvalue weighted by atomic mass is 10.2. The van der Waals surface area contributed by atoms with Crippen molar-refractivity contribution in [3.05, 3.63) is 50.6 Å². The minimum absolute atomic E-state index is 0.0640. The van der Waals surface area contributed by atoms with E-state index in [1.807, 2.05) is 52.0 Å². The molecule has 136 valence electrons. The number of nitrogens with zero attached hydrogens (tertiary/aromatic N) is 2. The summed E-state index contributed by atoms with van der Waals surface area (Å²) in [5.74, 6) is -0.114. The number of nitrogens with one attached hydrogen (secondary N) is 1. The van der Waals surface area contributed by atoms with Crippen LogP contribution in [0.4, 0.5) is 5.69 Å². The van der Waals surface area contributed by atoms with E-state index in [0.29, 0.717) is 10.5 Å². The number of carbonyl (C=O) groups is 1. The highest BCUT2D eigenvalue weighted by Crippen LogP contribution is 2.29. The average molecular weight is 388 g/mol. The van der Waals surface area contributed by atoms with E-state index in [2.05, 4.69) is 10.3 Å². The zero-order valence-electron chi connectivity index (χ0n) is 15.4. The summed E-state index contributed by atoms with van der Waals surface area (Å²) in [5, 5.41) is 3.79. The van der Waals surface area contributed by atoms with Crippen LogP contribution in [0.25, 0.3) is 10.2 Å². The fourth-order valence-corrected chi connectivity index (χ4v) is 4.57. The number of aryl methyl sites for hydroxylation is 3. The molecule has 1 unspecified atom stereocenters. The first-order chi connectivity index (χ1) is 12.3. The van der Waals surface area contributed by atoms with Crippen LogP contribution in [0.3, 0.4) is 0 Å². The van der Waals surface area contributed by atoms with Gasteiger partial charge in [-0.05, 0) is 44.9 Å². The quantitative estimate of drug-likeness (QED) is 0.542. The second kappa shape index (κ2) is 7.25. The highest BCUT2D eigenvalue weighted by Gasteiger charge is 2.20. The highest BCUT2D eigenvalue weighted by molar-refractivity contribution is 8.00. The van der Waals surface area contributed by atoms with E-state index in [4.69, 9.17) is 0 Å². The maximum atomic E-state index is 12.7. The van der Waals surface area contributed by atoms with Crippen LogP contribution >= 0.6 is 23.1 Å². The molecule has 0 bridgehead atoms. The number of anilines is 1. The highest BCUT2D eigenvalue weighted by atomic mass is 32.2. The van der Waals surface area contributed by atoms with Crippen LogP contribution in [0, 0.1) is 20.8 Å². The van der Waals surface area contributed by atoms with Crippen molar-refractivity contribution in [2.24, 2.45) is 7.05 Å². The number of amides is 1. The molecule has 1 atom stereocenters. The van der Waals surface area contributed by atoms with Crippen molar-refractivity contribution in [1.82, 2.24) is 9.55 Å². The molecule has 0 radical (unpaired) electrons. The smallest absolute Gasteiger partial charge is 0.262 e. The molecular formula is C19H21N3O2S2. The molecule has 0 saturated heterocycles. The molecule has 0 aliphatic heterocycles.